The van der Waals surface area contributed by atoms with Gasteiger partial charge in [0.25, 0.3) is 5.91 Å². The second kappa shape index (κ2) is 11.4. The van der Waals surface area contributed by atoms with E-state index in [0.717, 1.165) is 41.9 Å². The molecule has 1 atom stereocenters. The van der Waals surface area contributed by atoms with Crippen LogP contribution in [0.3, 0.4) is 0 Å². The number of aromatic nitrogens is 3. The zero-order valence-corrected chi connectivity index (χ0v) is 22.4. The highest BCUT2D eigenvalue weighted by Crippen LogP contribution is 2.32. The van der Waals surface area contributed by atoms with Crippen LogP contribution in [-0.4, -0.2) is 70.2 Å². The quantitative estimate of drug-likeness (QED) is 0.458. The number of nitrogens with one attached hydrogen (secondary N) is 2. The fourth-order valence-electron chi connectivity index (χ4n) is 5.31. The Morgan fingerprint density at radius 3 is 2.67 bits per heavy atom. The number of hydrogen-bond donors (Lipinski definition) is 2. The van der Waals surface area contributed by atoms with Crippen molar-refractivity contribution in [2.75, 3.05) is 36.5 Å². The summed E-state index contributed by atoms with van der Waals surface area (Å²) in [5.74, 6) is 1.37. The second-order valence-corrected chi connectivity index (χ2v) is 10.4. The first-order valence-corrected chi connectivity index (χ1v) is 13.8. The molecule has 4 heterocycles. The molecule has 0 unspecified atom stereocenters. The molecule has 2 fully saturated rings. The maximum Gasteiger partial charge on any atom is 0.319 e. The molecule has 1 saturated heterocycles. The Bertz CT molecular complexity index is 1390. The second-order valence-electron chi connectivity index (χ2n) is 10.4. The van der Waals surface area contributed by atoms with E-state index in [1.807, 2.05) is 35.2 Å². The summed E-state index contributed by atoms with van der Waals surface area (Å²) in [6.45, 7) is 6.82. The molecule has 2 aliphatic heterocycles. The summed E-state index contributed by atoms with van der Waals surface area (Å²) in [6.07, 6.45) is 9.03. The van der Waals surface area contributed by atoms with Gasteiger partial charge in [0.2, 0.25) is 0 Å². The van der Waals surface area contributed by atoms with Gasteiger partial charge in [-0.05, 0) is 62.1 Å². The third-order valence-electron chi connectivity index (χ3n) is 7.79. The lowest BCUT2D eigenvalue weighted by Gasteiger charge is -2.38. The Hall–Kier alpha value is -4.31. The average molecular weight is 540 g/mol. The van der Waals surface area contributed by atoms with Crippen LogP contribution in [-0.2, 0) is 17.7 Å². The van der Waals surface area contributed by atoms with Crippen LogP contribution >= 0.6 is 0 Å². The maximum atomic E-state index is 13.2. The lowest BCUT2D eigenvalue weighted by molar-refractivity contribution is 0.0731. The zero-order valence-electron chi connectivity index (χ0n) is 22.4. The van der Waals surface area contributed by atoms with E-state index in [2.05, 4.69) is 27.1 Å². The summed E-state index contributed by atoms with van der Waals surface area (Å²) in [5.41, 5.74) is 3.98. The molecule has 1 aromatic carbocycles. The molecule has 0 radical (unpaired) electrons. The number of rotatable bonds is 6. The molecule has 2 N–H and O–H groups in total. The maximum absolute atomic E-state index is 13.2. The van der Waals surface area contributed by atoms with E-state index in [-0.39, 0.29) is 24.0 Å². The van der Waals surface area contributed by atoms with Crippen LogP contribution in [0.5, 0.6) is 0 Å². The number of amides is 3. The lowest BCUT2D eigenvalue weighted by Crippen LogP contribution is -2.46. The molecule has 0 spiro atoms. The molecule has 2 aromatic heterocycles. The molecule has 1 saturated carbocycles. The predicted molar refractivity (Wildman–Crippen MR) is 152 cm³/mol. The standard InChI is InChI=1S/C30H33N7O3/c1-2-24-19-40-16-15-37(24)28-25-12-14-36(29(38)21-5-4-13-31-17-21)18-26(25)34-27(35-28)20-8-10-23(11-9-20)33-30(39)32-22-6-3-7-22/h2,4-5,8-11,13,17,22,24H,1,3,6-7,12,14-16,18-19H2,(H2,32,33,39)/t24-/m0/s1. The minimum absolute atomic E-state index is 0.00332. The van der Waals surface area contributed by atoms with Gasteiger partial charge in [0.15, 0.2) is 5.82 Å². The first-order valence-electron chi connectivity index (χ1n) is 13.8. The van der Waals surface area contributed by atoms with E-state index in [4.69, 9.17) is 14.7 Å². The third kappa shape index (κ3) is 5.40. The van der Waals surface area contributed by atoms with Gasteiger partial charge in [-0.3, -0.25) is 9.78 Å². The Balaban J connectivity index is 1.30. The fraction of sp³-hybridized carbons (Fsp3) is 0.367. The molecular formula is C30H33N7O3. The average Bonchev–Trinajstić information content (AvgIpc) is 2.98. The van der Waals surface area contributed by atoms with Crippen molar-refractivity contribution in [3.63, 3.8) is 0 Å². The van der Waals surface area contributed by atoms with Gasteiger partial charge in [-0.25, -0.2) is 14.8 Å². The number of fused-ring (bicyclic) bond motifs is 1. The van der Waals surface area contributed by atoms with Crippen LogP contribution < -0.4 is 15.5 Å². The highest BCUT2D eigenvalue weighted by atomic mass is 16.5. The number of carbonyl (C=O) groups is 2. The van der Waals surface area contributed by atoms with Gasteiger partial charge in [0.1, 0.15) is 5.82 Å². The van der Waals surface area contributed by atoms with Gasteiger partial charge in [0.05, 0.1) is 37.1 Å². The van der Waals surface area contributed by atoms with Crippen molar-refractivity contribution >= 4 is 23.4 Å². The van der Waals surface area contributed by atoms with Crippen LogP contribution in [0.2, 0.25) is 0 Å². The smallest absolute Gasteiger partial charge is 0.319 e. The normalized spacial score (nSPS) is 18.9. The number of anilines is 2. The molecule has 1 aliphatic carbocycles. The van der Waals surface area contributed by atoms with Crippen molar-refractivity contribution in [2.24, 2.45) is 0 Å². The Morgan fingerprint density at radius 1 is 1.10 bits per heavy atom. The number of urea groups is 1. The largest absolute Gasteiger partial charge is 0.377 e. The monoisotopic (exact) mass is 539 g/mol. The summed E-state index contributed by atoms with van der Waals surface area (Å²) in [4.78, 5) is 43.7. The number of hydrogen-bond acceptors (Lipinski definition) is 7. The van der Waals surface area contributed by atoms with Crippen molar-refractivity contribution in [1.82, 2.24) is 25.2 Å². The number of ether oxygens (including phenoxy) is 1. The van der Waals surface area contributed by atoms with Crippen LogP contribution in [0.25, 0.3) is 11.4 Å². The van der Waals surface area contributed by atoms with Gasteiger partial charge in [0, 0.05) is 48.3 Å². The van der Waals surface area contributed by atoms with Crippen molar-refractivity contribution in [1.29, 1.82) is 0 Å². The van der Waals surface area contributed by atoms with E-state index in [1.165, 1.54) is 0 Å². The zero-order chi connectivity index (χ0) is 27.5. The van der Waals surface area contributed by atoms with Crippen molar-refractivity contribution < 1.29 is 14.3 Å². The molecule has 0 bridgehead atoms. The van der Waals surface area contributed by atoms with Crippen LogP contribution in [0.15, 0.2) is 61.4 Å². The van der Waals surface area contributed by atoms with E-state index < -0.39 is 0 Å². The van der Waals surface area contributed by atoms with Crippen molar-refractivity contribution in [3.05, 3.63) is 78.3 Å². The molecule has 3 amide bonds. The van der Waals surface area contributed by atoms with E-state index in [1.54, 1.807) is 24.5 Å². The highest BCUT2D eigenvalue weighted by Gasteiger charge is 2.31. The van der Waals surface area contributed by atoms with Crippen molar-refractivity contribution in [2.45, 2.75) is 44.3 Å². The first-order chi connectivity index (χ1) is 19.6. The van der Waals surface area contributed by atoms with E-state index >= 15 is 0 Å². The van der Waals surface area contributed by atoms with Crippen LogP contribution in [0.1, 0.15) is 40.9 Å². The summed E-state index contributed by atoms with van der Waals surface area (Å²) >= 11 is 0. The first kappa shape index (κ1) is 25.9. The van der Waals surface area contributed by atoms with Gasteiger partial charge in [-0.1, -0.05) is 6.08 Å². The summed E-state index contributed by atoms with van der Waals surface area (Å²) in [7, 11) is 0. The number of nitrogens with zero attached hydrogens (tertiary/aromatic N) is 5. The molecule has 10 nitrogen and oxygen atoms in total. The minimum Gasteiger partial charge on any atom is -0.377 e. The van der Waals surface area contributed by atoms with E-state index in [0.29, 0.717) is 56.3 Å². The molecule has 6 rings (SSSR count). The molecule has 3 aromatic rings. The number of pyridine rings is 1. The van der Waals surface area contributed by atoms with Crippen LogP contribution in [0.4, 0.5) is 16.3 Å². The Labute approximate surface area is 233 Å². The molecular weight excluding hydrogens is 506 g/mol. The number of carbonyl (C=O) groups excluding carboxylic acids is 2. The molecule has 206 valence electrons. The molecule has 10 heteroatoms. The Kier molecular flexibility index (Phi) is 7.41. The van der Waals surface area contributed by atoms with E-state index in [9.17, 15) is 9.59 Å². The predicted octanol–water partition coefficient (Wildman–Crippen LogP) is 3.80. The minimum atomic E-state index is -0.189. The van der Waals surface area contributed by atoms with Crippen molar-refractivity contribution in [3.8, 4) is 11.4 Å². The third-order valence-corrected chi connectivity index (χ3v) is 7.79. The lowest BCUT2D eigenvalue weighted by atomic mass is 9.93. The summed E-state index contributed by atoms with van der Waals surface area (Å²) in [5, 5.41) is 5.90. The fourth-order valence-corrected chi connectivity index (χ4v) is 5.31. The SMILES string of the molecule is C=C[C@H]1COCCN1c1nc(-c2ccc(NC(=O)NC3CCC3)cc2)nc2c1CCN(C(=O)c1cccnc1)C2. The summed E-state index contributed by atoms with van der Waals surface area (Å²) < 4.78 is 5.71. The van der Waals surface area contributed by atoms with Gasteiger partial charge >= 0.3 is 6.03 Å². The number of morpholine rings is 1. The topological polar surface area (TPSA) is 113 Å². The molecule has 40 heavy (non-hydrogen) atoms. The Morgan fingerprint density at radius 2 is 1.95 bits per heavy atom. The van der Waals surface area contributed by atoms with Gasteiger partial charge in [-0.15, -0.1) is 6.58 Å². The summed E-state index contributed by atoms with van der Waals surface area (Å²) in [6, 6.07) is 11.2. The molecule has 3 aliphatic rings. The van der Waals surface area contributed by atoms with Gasteiger partial charge in [-0.2, -0.15) is 0 Å². The number of benzene rings is 1. The highest BCUT2D eigenvalue weighted by molar-refractivity contribution is 5.94. The van der Waals surface area contributed by atoms with Crippen LogP contribution in [0, 0.1) is 0 Å². The van der Waals surface area contributed by atoms with Gasteiger partial charge < -0.3 is 25.2 Å².